The molecular weight excluding hydrogens is 414 g/mol. The largest absolute Gasteiger partial charge is 0.369 e. The standard InChI is InChI=1S/C26H35N5O2/c32-25(28-14-15-30-16-18-31(19-17-30)24-4-2-1-3-5-24)22-8-6-21(7-9-22)20-29-26(33)23-10-12-27-13-11-23/h1-5,10-13,21-22H,6-9,14-20H2,(H,28,32)(H,29,33). The molecule has 7 heteroatoms. The van der Waals surface area contributed by atoms with Crippen LogP contribution in [-0.4, -0.2) is 67.5 Å². The summed E-state index contributed by atoms with van der Waals surface area (Å²) in [5, 5.41) is 6.18. The Labute approximate surface area is 196 Å². The van der Waals surface area contributed by atoms with Crippen LogP contribution in [0.15, 0.2) is 54.9 Å². The first-order valence-corrected chi connectivity index (χ1v) is 12.2. The Morgan fingerprint density at radius 3 is 2.27 bits per heavy atom. The summed E-state index contributed by atoms with van der Waals surface area (Å²) in [6.07, 6.45) is 7.02. The van der Waals surface area contributed by atoms with E-state index in [1.165, 1.54) is 5.69 Å². The van der Waals surface area contributed by atoms with Crippen molar-refractivity contribution in [1.82, 2.24) is 20.5 Å². The quantitative estimate of drug-likeness (QED) is 0.648. The third kappa shape index (κ3) is 6.78. The first kappa shape index (κ1) is 23.2. The number of hydrogen-bond acceptors (Lipinski definition) is 5. The number of amides is 2. The Balaban J connectivity index is 1.08. The molecule has 4 rings (SSSR count). The lowest BCUT2D eigenvalue weighted by molar-refractivity contribution is -0.126. The molecule has 2 aromatic rings. The van der Waals surface area contributed by atoms with E-state index in [1.54, 1.807) is 24.5 Å². The summed E-state index contributed by atoms with van der Waals surface area (Å²) in [7, 11) is 0. The molecule has 1 saturated heterocycles. The zero-order chi connectivity index (χ0) is 22.9. The first-order valence-electron chi connectivity index (χ1n) is 12.2. The minimum Gasteiger partial charge on any atom is -0.369 e. The van der Waals surface area contributed by atoms with Crippen molar-refractivity contribution in [2.45, 2.75) is 25.7 Å². The number of rotatable bonds is 8. The van der Waals surface area contributed by atoms with Gasteiger partial charge in [-0.05, 0) is 55.9 Å². The molecule has 33 heavy (non-hydrogen) atoms. The zero-order valence-corrected chi connectivity index (χ0v) is 19.3. The van der Waals surface area contributed by atoms with E-state index in [1.807, 2.05) is 0 Å². The molecule has 2 N–H and O–H groups in total. The fourth-order valence-electron chi connectivity index (χ4n) is 4.82. The van der Waals surface area contributed by atoms with Crippen LogP contribution in [0.2, 0.25) is 0 Å². The van der Waals surface area contributed by atoms with Crippen LogP contribution in [0, 0.1) is 11.8 Å². The number of anilines is 1. The van der Waals surface area contributed by atoms with E-state index in [9.17, 15) is 9.59 Å². The molecule has 0 spiro atoms. The molecule has 0 unspecified atom stereocenters. The summed E-state index contributed by atoms with van der Waals surface area (Å²) in [4.78, 5) is 33.6. The Morgan fingerprint density at radius 1 is 0.879 bits per heavy atom. The van der Waals surface area contributed by atoms with Gasteiger partial charge in [0.15, 0.2) is 0 Å². The molecule has 2 heterocycles. The van der Waals surface area contributed by atoms with Gasteiger partial charge in [0.25, 0.3) is 5.91 Å². The second kappa shape index (κ2) is 11.8. The highest BCUT2D eigenvalue weighted by molar-refractivity contribution is 5.93. The predicted molar refractivity (Wildman–Crippen MR) is 130 cm³/mol. The Hall–Kier alpha value is -2.93. The van der Waals surface area contributed by atoms with Crippen molar-refractivity contribution in [2.24, 2.45) is 11.8 Å². The minimum absolute atomic E-state index is 0.0538. The Bertz CT molecular complexity index is 876. The molecular formula is C26H35N5O2. The second-order valence-electron chi connectivity index (χ2n) is 9.12. The Kier molecular flexibility index (Phi) is 8.30. The van der Waals surface area contributed by atoms with E-state index in [0.29, 0.717) is 24.6 Å². The van der Waals surface area contributed by atoms with E-state index < -0.39 is 0 Å². The molecule has 2 fully saturated rings. The van der Waals surface area contributed by atoms with E-state index >= 15 is 0 Å². The number of nitrogens with zero attached hydrogens (tertiary/aromatic N) is 3. The lowest BCUT2D eigenvalue weighted by Gasteiger charge is -2.36. The van der Waals surface area contributed by atoms with Crippen LogP contribution in [0.1, 0.15) is 36.0 Å². The molecule has 2 amide bonds. The van der Waals surface area contributed by atoms with Gasteiger partial charge in [0.1, 0.15) is 0 Å². The number of aromatic nitrogens is 1. The Morgan fingerprint density at radius 2 is 1.58 bits per heavy atom. The fourth-order valence-corrected chi connectivity index (χ4v) is 4.82. The summed E-state index contributed by atoms with van der Waals surface area (Å²) in [5.41, 5.74) is 1.93. The fraction of sp³-hybridized carbons (Fsp3) is 0.500. The summed E-state index contributed by atoms with van der Waals surface area (Å²) in [6, 6.07) is 14.0. The summed E-state index contributed by atoms with van der Waals surface area (Å²) < 4.78 is 0. The van der Waals surface area contributed by atoms with E-state index in [4.69, 9.17) is 0 Å². The van der Waals surface area contributed by atoms with Crippen LogP contribution in [0.25, 0.3) is 0 Å². The number of nitrogens with one attached hydrogen (secondary N) is 2. The maximum atomic E-state index is 12.6. The average Bonchev–Trinajstić information content (AvgIpc) is 2.89. The molecule has 1 aromatic heterocycles. The van der Waals surface area contributed by atoms with Crippen LogP contribution in [0.4, 0.5) is 5.69 Å². The maximum absolute atomic E-state index is 12.6. The minimum atomic E-state index is -0.0538. The van der Waals surface area contributed by atoms with Gasteiger partial charge in [0, 0.05) is 75.4 Å². The van der Waals surface area contributed by atoms with Crippen LogP contribution < -0.4 is 15.5 Å². The molecule has 1 aromatic carbocycles. The summed E-state index contributed by atoms with van der Waals surface area (Å²) in [5.74, 6) is 0.687. The SMILES string of the molecule is O=C(NCC1CCC(C(=O)NCCN2CCN(c3ccccc3)CC2)CC1)c1ccncc1. The normalized spacial score (nSPS) is 21.4. The van der Waals surface area contributed by atoms with Crippen LogP contribution in [0.3, 0.4) is 0 Å². The van der Waals surface area contributed by atoms with Crippen molar-refractivity contribution in [1.29, 1.82) is 0 Å². The average molecular weight is 450 g/mol. The molecule has 0 atom stereocenters. The third-order valence-electron chi connectivity index (χ3n) is 6.93. The first-order chi connectivity index (χ1) is 16.2. The van der Waals surface area contributed by atoms with E-state index in [0.717, 1.165) is 58.4 Å². The van der Waals surface area contributed by atoms with Gasteiger partial charge in [0.2, 0.25) is 5.91 Å². The van der Waals surface area contributed by atoms with Gasteiger partial charge >= 0.3 is 0 Å². The number of pyridine rings is 1. The zero-order valence-electron chi connectivity index (χ0n) is 19.3. The molecule has 2 aliphatic rings. The highest BCUT2D eigenvalue weighted by Gasteiger charge is 2.26. The molecule has 0 bridgehead atoms. The molecule has 1 aliphatic heterocycles. The molecule has 176 valence electrons. The highest BCUT2D eigenvalue weighted by atomic mass is 16.2. The van der Waals surface area contributed by atoms with Crippen molar-refractivity contribution in [3.63, 3.8) is 0 Å². The smallest absolute Gasteiger partial charge is 0.251 e. The molecule has 1 aliphatic carbocycles. The van der Waals surface area contributed by atoms with Gasteiger partial charge in [-0.25, -0.2) is 0 Å². The number of carbonyl (C=O) groups excluding carboxylic acids is 2. The van der Waals surface area contributed by atoms with Crippen molar-refractivity contribution in [2.75, 3.05) is 50.7 Å². The molecule has 0 radical (unpaired) electrons. The number of para-hydroxylation sites is 1. The van der Waals surface area contributed by atoms with Crippen molar-refractivity contribution < 1.29 is 9.59 Å². The van der Waals surface area contributed by atoms with Crippen molar-refractivity contribution >= 4 is 17.5 Å². The van der Waals surface area contributed by atoms with Gasteiger partial charge in [-0.3, -0.25) is 19.5 Å². The van der Waals surface area contributed by atoms with Crippen LogP contribution >= 0.6 is 0 Å². The number of piperazine rings is 1. The maximum Gasteiger partial charge on any atom is 0.251 e. The summed E-state index contributed by atoms with van der Waals surface area (Å²) >= 11 is 0. The molecule has 7 nitrogen and oxygen atoms in total. The second-order valence-corrected chi connectivity index (χ2v) is 9.12. The van der Waals surface area contributed by atoms with Gasteiger partial charge in [-0.1, -0.05) is 18.2 Å². The van der Waals surface area contributed by atoms with Crippen molar-refractivity contribution in [3.05, 3.63) is 60.4 Å². The lowest BCUT2D eigenvalue weighted by Crippen LogP contribution is -2.48. The number of benzene rings is 1. The van der Waals surface area contributed by atoms with E-state index in [2.05, 4.69) is 55.7 Å². The van der Waals surface area contributed by atoms with Gasteiger partial charge in [-0.15, -0.1) is 0 Å². The molecule has 1 saturated carbocycles. The van der Waals surface area contributed by atoms with Gasteiger partial charge < -0.3 is 15.5 Å². The highest BCUT2D eigenvalue weighted by Crippen LogP contribution is 2.28. The topological polar surface area (TPSA) is 77.6 Å². The van der Waals surface area contributed by atoms with Crippen LogP contribution in [0.5, 0.6) is 0 Å². The summed E-state index contributed by atoms with van der Waals surface area (Å²) in [6.45, 7) is 6.41. The number of hydrogen-bond donors (Lipinski definition) is 2. The van der Waals surface area contributed by atoms with Crippen molar-refractivity contribution in [3.8, 4) is 0 Å². The lowest BCUT2D eigenvalue weighted by atomic mass is 9.81. The van der Waals surface area contributed by atoms with Gasteiger partial charge in [-0.2, -0.15) is 0 Å². The van der Waals surface area contributed by atoms with Crippen LogP contribution in [-0.2, 0) is 4.79 Å². The number of carbonyl (C=O) groups is 2. The monoisotopic (exact) mass is 449 g/mol. The third-order valence-corrected chi connectivity index (χ3v) is 6.93. The van der Waals surface area contributed by atoms with Gasteiger partial charge in [0.05, 0.1) is 0 Å². The predicted octanol–water partition coefficient (Wildman–Crippen LogP) is 2.56. The van der Waals surface area contributed by atoms with E-state index in [-0.39, 0.29) is 17.7 Å².